The average Bonchev–Trinajstić information content (AvgIpc) is 2.44. The summed E-state index contributed by atoms with van der Waals surface area (Å²) >= 11 is 0. The molecule has 2 rings (SSSR count). The van der Waals surface area contributed by atoms with Crippen molar-refractivity contribution in [1.29, 1.82) is 10.8 Å². The molecule has 0 spiro atoms. The highest BCUT2D eigenvalue weighted by atomic mass is 15.2. The second-order valence-corrected chi connectivity index (χ2v) is 4.12. The van der Waals surface area contributed by atoms with E-state index in [0.717, 1.165) is 5.56 Å². The minimum atomic E-state index is 0.0930. The van der Waals surface area contributed by atoms with E-state index in [9.17, 15) is 0 Å². The van der Waals surface area contributed by atoms with Gasteiger partial charge in [-0.05, 0) is 16.3 Å². The van der Waals surface area contributed by atoms with Gasteiger partial charge in [-0.25, -0.2) is 0 Å². The summed E-state index contributed by atoms with van der Waals surface area (Å²) in [6.07, 6.45) is 0. The van der Waals surface area contributed by atoms with Crippen molar-refractivity contribution in [2.45, 2.75) is 6.54 Å². The summed E-state index contributed by atoms with van der Waals surface area (Å²) in [5.74, 6) is 0.197. The molecule has 2 aromatic carbocycles. The lowest BCUT2D eigenvalue weighted by atomic mass is 10.0. The maximum atomic E-state index is 7.68. The van der Waals surface area contributed by atoms with Crippen LogP contribution in [0.3, 0.4) is 0 Å². The number of benzene rings is 2. The highest BCUT2D eigenvalue weighted by Gasteiger charge is 2.02. The van der Waals surface area contributed by atoms with Gasteiger partial charge in [0.15, 0.2) is 11.9 Å². The van der Waals surface area contributed by atoms with Gasteiger partial charge >= 0.3 is 0 Å². The summed E-state index contributed by atoms with van der Waals surface area (Å²) in [7, 11) is 1.63. The topological polar surface area (TPSA) is 83.8 Å². The van der Waals surface area contributed by atoms with E-state index < -0.39 is 0 Å². The van der Waals surface area contributed by atoms with Gasteiger partial charge in [0.25, 0.3) is 0 Å². The van der Waals surface area contributed by atoms with Crippen LogP contribution in [-0.2, 0) is 6.54 Å². The predicted molar refractivity (Wildman–Crippen MR) is 78.4 cm³/mol. The van der Waals surface area contributed by atoms with Crippen LogP contribution in [0.2, 0.25) is 0 Å². The highest BCUT2D eigenvalue weighted by molar-refractivity contribution is 5.95. The van der Waals surface area contributed by atoms with Gasteiger partial charge in [0, 0.05) is 13.6 Å². The standard InChI is InChI=1S/C14H17N5/c1-17-13(15)19-14(16)18-9-11-7-4-6-10-5-2-3-8-12(10)11/h2-8H,9H2,1H3,(H5,15,16,17,18,19). The van der Waals surface area contributed by atoms with Crippen LogP contribution in [0.1, 0.15) is 5.56 Å². The molecule has 0 aliphatic heterocycles. The molecule has 0 unspecified atom stereocenters. The highest BCUT2D eigenvalue weighted by Crippen LogP contribution is 2.17. The lowest BCUT2D eigenvalue weighted by Crippen LogP contribution is -2.44. The number of fused-ring (bicyclic) bond motifs is 1. The Morgan fingerprint density at radius 1 is 1.00 bits per heavy atom. The molecule has 5 nitrogen and oxygen atoms in total. The third kappa shape index (κ3) is 3.22. The van der Waals surface area contributed by atoms with Crippen LogP contribution < -0.4 is 16.0 Å². The van der Waals surface area contributed by atoms with Crippen molar-refractivity contribution in [1.82, 2.24) is 16.0 Å². The second kappa shape index (κ2) is 5.86. The first-order valence-electron chi connectivity index (χ1n) is 6.03. The van der Waals surface area contributed by atoms with Gasteiger partial charge < -0.3 is 10.6 Å². The Morgan fingerprint density at radius 2 is 1.74 bits per heavy atom. The number of nitrogens with one attached hydrogen (secondary N) is 5. The van der Waals surface area contributed by atoms with Crippen LogP contribution in [0, 0.1) is 10.8 Å². The molecule has 0 radical (unpaired) electrons. The minimum Gasteiger partial charge on any atom is -0.359 e. The molecule has 5 heteroatoms. The Kier molecular flexibility index (Phi) is 3.97. The summed E-state index contributed by atoms with van der Waals surface area (Å²) in [6.45, 7) is 0.546. The monoisotopic (exact) mass is 255 g/mol. The van der Waals surface area contributed by atoms with Crippen molar-refractivity contribution in [2.24, 2.45) is 0 Å². The van der Waals surface area contributed by atoms with Crippen LogP contribution in [0.5, 0.6) is 0 Å². The molecule has 5 N–H and O–H groups in total. The van der Waals surface area contributed by atoms with Crippen LogP contribution in [0.15, 0.2) is 42.5 Å². The van der Waals surface area contributed by atoms with Crippen molar-refractivity contribution in [3.8, 4) is 0 Å². The van der Waals surface area contributed by atoms with E-state index in [1.54, 1.807) is 7.05 Å². The average molecular weight is 255 g/mol. The van der Waals surface area contributed by atoms with Gasteiger partial charge in [-0.1, -0.05) is 42.5 Å². The quantitative estimate of drug-likeness (QED) is 0.417. The number of hydrogen-bond acceptors (Lipinski definition) is 2. The van der Waals surface area contributed by atoms with E-state index >= 15 is 0 Å². The van der Waals surface area contributed by atoms with E-state index in [4.69, 9.17) is 10.8 Å². The molecule has 0 aliphatic rings. The largest absolute Gasteiger partial charge is 0.359 e. The molecule has 0 aliphatic carbocycles. The zero-order chi connectivity index (χ0) is 13.7. The third-order valence-corrected chi connectivity index (χ3v) is 2.84. The van der Waals surface area contributed by atoms with Crippen LogP contribution in [0.25, 0.3) is 10.8 Å². The Morgan fingerprint density at radius 3 is 2.53 bits per heavy atom. The molecule has 0 bridgehead atoms. The number of rotatable bonds is 2. The van der Waals surface area contributed by atoms with Crippen molar-refractivity contribution in [2.75, 3.05) is 7.05 Å². The Labute approximate surface area is 112 Å². The summed E-state index contributed by atoms with van der Waals surface area (Å²) in [5, 5.41) is 25.6. The van der Waals surface area contributed by atoms with Gasteiger partial charge in [-0.2, -0.15) is 0 Å². The predicted octanol–water partition coefficient (Wildman–Crippen LogP) is 1.61. The summed E-state index contributed by atoms with van der Waals surface area (Å²) in [4.78, 5) is 0. The molecule has 0 aromatic heterocycles. The van der Waals surface area contributed by atoms with Gasteiger partial charge in [-0.3, -0.25) is 16.1 Å². The molecule has 2 aromatic rings. The molecule has 98 valence electrons. The molecule has 0 heterocycles. The van der Waals surface area contributed by atoms with E-state index in [-0.39, 0.29) is 11.9 Å². The van der Waals surface area contributed by atoms with Crippen molar-refractivity contribution in [3.63, 3.8) is 0 Å². The Bertz CT molecular complexity index is 600. The van der Waals surface area contributed by atoms with Crippen molar-refractivity contribution < 1.29 is 0 Å². The SMILES string of the molecule is CNC(=N)NC(=N)NCc1cccc2ccccc12. The smallest absolute Gasteiger partial charge is 0.195 e. The zero-order valence-electron chi connectivity index (χ0n) is 10.7. The van der Waals surface area contributed by atoms with E-state index in [1.807, 2.05) is 24.3 Å². The van der Waals surface area contributed by atoms with Crippen molar-refractivity contribution >= 4 is 22.7 Å². The van der Waals surface area contributed by atoms with E-state index in [0.29, 0.717) is 6.54 Å². The number of guanidine groups is 2. The summed E-state index contributed by atoms with van der Waals surface area (Å²) < 4.78 is 0. The minimum absolute atomic E-state index is 0.0930. The van der Waals surface area contributed by atoms with E-state index in [2.05, 4.69) is 34.1 Å². The number of hydrogen-bond donors (Lipinski definition) is 5. The first-order chi connectivity index (χ1) is 9.20. The lowest BCUT2D eigenvalue weighted by molar-refractivity contribution is 0.876. The third-order valence-electron chi connectivity index (χ3n) is 2.84. The van der Waals surface area contributed by atoms with Crippen molar-refractivity contribution in [3.05, 3.63) is 48.0 Å². The first-order valence-corrected chi connectivity index (χ1v) is 6.03. The first kappa shape index (κ1) is 12.9. The maximum Gasteiger partial charge on any atom is 0.195 e. The fourth-order valence-corrected chi connectivity index (χ4v) is 1.86. The molecule has 19 heavy (non-hydrogen) atoms. The molecule has 0 saturated heterocycles. The van der Waals surface area contributed by atoms with Gasteiger partial charge in [0.2, 0.25) is 0 Å². The molecular formula is C14H17N5. The Balaban J connectivity index is 2.06. The van der Waals surface area contributed by atoms with Gasteiger partial charge in [0.1, 0.15) is 0 Å². The summed E-state index contributed by atoms with van der Waals surface area (Å²) in [6, 6.07) is 14.3. The van der Waals surface area contributed by atoms with Crippen LogP contribution in [0.4, 0.5) is 0 Å². The molecular weight excluding hydrogens is 238 g/mol. The van der Waals surface area contributed by atoms with Gasteiger partial charge in [0.05, 0.1) is 0 Å². The molecule has 0 saturated carbocycles. The van der Waals surface area contributed by atoms with Crippen LogP contribution >= 0.6 is 0 Å². The van der Waals surface area contributed by atoms with Gasteiger partial charge in [-0.15, -0.1) is 0 Å². The Hall–Kier alpha value is -2.56. The van der Waals surface area contributed by atoms with Crippen LogP contribution in [-0.4, -0.2) is 19.0 Å². The van der Waals surface area contributed by atoms with E-state index in [1.165, 1.54) is 10.8 Å². The molecule has 0 atom stereocenters. The fourth-order valence-electron chi connectivity index (χ4n) is 1.86. The lowest BCUT2D eigenvalue weighted by Gasteiger charge is -2.12. The second-order valence-electron chi connectivity index (χ2n) is 4.12. The molecule has 0 amide bonds. The normalized spacial score (nSPS) is 9.95. The summed E-state index contributed by atoms with van der Waals surface area (Å²) in [5.41, 5.74) is 1.13. The maximum absolute atomic E-state index is 7.68. The zero-order valence-corrected chi connectivity index (χ0v) is 10.7. The fraction of sp³-hybridized carbons (Fsp3) is 0.143. The molecule has 0 fully saturated rings.